The minimum absolute atomic E-state index is 0.211. The lowest BCUT2D eigenvalue weighted by molar-refractivity contribution is -0.126. The summed E-state index contributed by atoms with van der Waals surface area (Å²) in [6.07, 6.45) is 0. The molecule has 0 aliphatic carbocycles. The Balaban J connectivity index is 2.18. The van der Waals surface area contributed by atoms with Gasteiger partial charge in [0.2, 0.25) is 5.91 Å². The van der Waals surface area contributed by atoms with Crippen LogP contribution in [0.5, 0.6) is 5.75 Å². The molecule has 5 heteroatoms. The van der Waals surface area contributed by atoms with Crippen LogP contribution in [0.2, 0.25) is 0 Å². The average molecular weight is 377 g/mol. The fourth-order valence-electron chi connectivity index (χ4n) is 2.38. The van der Waals surface area contributed by atoms with Gasteiger partial charge in [-0.3, -0.25) is 4.79 Å². The van der Waals surface area contributed by atoms with Crippen LogP contribution < -0.4 is 15.8 Å². The molecule has 23 heavy (non-hydrogen) atoms. The van der Waals surface area contributed by atoms with Crippen molar-refractivity contribution in [2.75, 3.05) is 7.11 Å². The first-order valence-corrected chi connectivity index (χ1v) is 8.14. The van der Waals surface area contributed by atoms with Crippen LogP contribution in [-0.4, -0.2) is 13.0 Å². The van der Waals surface area contributed by atoms with Crippen LogP contribution in [-0.2, 0) is 10.3 Å². The Morgan fingerprint density at radius 1 is 1.22 bits per heavy atom. The highest BCUT2D eigenvalue weighted by Crippen LogP contribution is 2.26. The maximum Gasteiger partial charge on any atom is 0.244 e. The number of methoxy groups -OCH3 is 1. The van der Waals surface area contributed by atoms with Gasteiger partial charge in [-0.2, -0.15) is 0 Å². The second-order valence-corrected chi connectivity index (χ2v) is 6.56. The molecule has 0 spiro atoms. The van der Waals surface area contributed by atoms with Crippen molar-refractivity contribution in [3.05, 3.63) is 64.1 Å². The number of halogens is 1. The molecule has 2 rings (SSSR count). The molecule has 0 bridgehead atoms. The van der Waals surface area contributed by atoms with E-state index in [9.17, 15) is 4.79 Å². The van der Waals surface area contributed by atoms with Crippen LogP contribution in [0.1, 0.15) is 31.0 Å². The van der Waals surface area contributed by atoms with Gasteiger partial charge in [-0.15, -0.1) is 0 Å². The van der Waals surface area contributed by atoms with Gasteiger partial charge in [-0.1, -0.05) is 46.3 Å². The van der Waals surface area contributed by atoms with E-state index in [0.29, 0.717) is 0 Å². The van der Waals surface area contributed by atoms with Crippen molar-refractivity contribution >= 4 is 21.8 Å². The van der Waals surface area contributed by atoms with E-state index in [1.54, 1.807) is 14.0 Å². The largest absolute Gasteiger partial charge is 0.496 e. The topological polar surface area (TPSA) is 64.3 Å². The summed E-state index contributed by atoms with van der Waals surface area (Å²) in [7, 11) is 1.61. The van der Waals surface area contributed by atoms with Gasteiger partial charge in [0.1, 0.15) is 11.3 Å². The van der Waals surface area contributed by atoms with Crippen LogP contribution in [0, 0.1) is 0 Å². The molecule has 0 saturated heterocycles. The molecule has 0 saturated carbocycles. The molecule has 0 aliphatic heterocycles. The molecule has 4 nitrogen and oxygen atoms in total. The van der Waals surface area contributed by atoms with E-state index in [1.165, 1.54) is 0 Å². The number of hydrogen-bond donors (Lipinski definition) is 2. The van der Waals surface area contributed by atoms with Crippen LogP contribution in [0.4, 0.5) is 0 Å². The second kappa shape index (κ2) is 7.15. The first kappa shape index (κ1) is 17.5. The van der Waals surface area contributed by atoms with E-state index < -0.39 is 5.54 Å². The molecule has 0 radical (unpaired) electrons. The minimum atomic E-state index is -1.11. The summed E-state index contributed by atoms with van der Waals surface area (Å²) in [5, 5.41) is 2.97. The average Bonchev–Trinajstić information content (AvgIpc) is 2.55. The number of ether oxygens (including phenoxy) is 1. The Labute approximate surface area is 145 Å². The van der Waals surface area contributed by atoms with Gasteiger partial charge in [0.05, 0.1) is 13.2 Å². The Morgan fingerprint density at radius 2 is 1.83 bits per heavy atom. The summed E-state index contributed by atoms with van der Waals surface area (Å²) in [4.78, 5) is 12.6. The van der Waals surface area contributed by atoms with Crippen LogP contribution in [0.3, 0.4) is 0 Å². The molecular weight excluding hydrogens is 356 g/mol. The first-order valence-electron chi connectivity index (χ1n) is 7.35. The SMILES string of the molecule is COc1ccccc1C(C)NC(=O)C(C)(N)c1ccc(Br)cc1. The number of nitrogens with one attached hydrogen (secondary N) is 1. The van der Waals surface area contributed by atoms with Gasteiger partial charge in [0, 0.05) is 10.0 Å². The van der Waals surface area contributed by atoms with Crippen LogP contribution in [0.25, 0.3) is 0 Å². The minimum Gasteiger partial charge on any atom is -0.496 e. The lowest BCUT2D eigenvalue weighted by Crippen LogP contribution is -2.49. The number of para-hydroxylation sites is 1. The Kier molecular flexibility index (Phi) is 5.44. The predicted molar refractivity (Wildman–Crippen MR) is 95.2 cm³/mol. The Hall–Kier alpha value is -1.85. The van der Waals surface area contributed by atoms with Gasteiger partial charge < -0.3 is 15.8 Å². The highest BCUT2D eigenvalue weighted by Gasteiger charge is 2.31. The van der Waals surface area contributed by atoms with Gasteiger partial charge in [0.15, 0.2) is 0 Å². The zero-order valence-electron chi connectivity index (χ0n) is 13.5. The highest BCUT2D eigenvalue weighted by atomic mass is 79.9. The molecule has 2 aromatic carbocycles. The third kappa shape index (κ3) is 3.92. The van der Waals surface area contributed by atoms with E-state index in [2.05, 4.69) is 21.2 Å². The molecular formula is C18H21BrN2O2. The lowest BCUT2D eigenvalue weighted by atomic mass is 9.91. The molecule has 0 fully saturated rings. The summed E-state index contributed by atoms with van der Waals surface area (Å²) in [5.74, 6) is 0.501. The number of hydrogen-bond acceptors (Lipinski definition) is 3. The van der Waals surface area contributed by atoms with Gasteiger partial charge in [0.25, 0.3) is 0 Å². The highest BCUT2D eigenvalue weighted by molar-refractivity contribution is 9.10. The number of carbonyl (C=O) groups is 1. The Bertz CT molecular complexity index is 684. The summed E-state index contributed by atoms with van der Waals surface area (Å²) in [6.45, 7) is 3.62. The maximum atomic E-state index is 12.6. The molecule has 2 unspecified atom stereocenters. The third-order valence-electron chi connectivity index (χ3n) is 3.87. The normalized spacial score (nSPS) is 14.7. The summed E-state index contributed by atoms with van der Waals surface area (Å²) < 4.78 is 6.29. The molecule has 2 aromatic rings. The number of carbonyl (C=O) groups excluding carboxylic acids is 1. The van der Waals surface area contributed by atoms with Crippen molar-refractivity contribution in [3.8, 4) is 5.75 Å². The predicted octanol–water partition coefficient (Wildman–Crippen LogP) is 3.51. The summed E-state index contributed by atoms with van der Waals surface area (Å²) in [5.41, 5.74) is 6.82. The van der Waals surface area contributed by atoms with Crippen molar-refractivity contribution in [1.29, 1.82) is 0 Å². The van der Waals surface area contributed by atoms with Crippen molar-refractivity contribution in [2.24, 2.45) is 5.73 Å². The molecule has 0 aliphatic rings. The second-order valence-electron chi connectivity index (χ2n) is 5.65. The summed E-state index contributed by atoms with van der Waals surface area (Å²) in [6, 6.07) is 14.8. The zero-order valence-corrected chi connectivity index (χ0v) is 15.1. The number of nitrogens with two attached hydrogens (primary N) is 1. The van der Waals surface area contributed by atoms with E-state index in [1.807, 2.05) is 55.5 Å². The smallest absolute Gasteiger partial charge is 0.244 e. The zero-order chi connectivity index (χ0) is 17.0. The van der Waals surface area contributed by atoms with Gasteiger partial charge >= 0.3 is 0 Å². The standard InChI is InChI=1S/C18H21BrN2O2/c1-12(15-6-4-5-7-16(15)23-3)21-17(22)18(2,20)13-8-10-14(19)11-9-13/h4-12H,20H2,1-3H3,(H,21,22). The lowest BCUT2D eigenvalue weighted by Gasteiger charge is -2.27. The molecule has 122 valence electrons. The maximum absolute atomic E-state index is 12.6. The van der Waals surface area contributed by atoms with Crippen LogP contribution >= 0.6 is 15.9 Å². The van der Waals surface area contributed by atoms with Crippen molar-refractivity contribution in [3.63, 3.8) is 0 Å². The molecule has 0 aromatic heterocycles. The van der Waals surface area contributed by atoms with E-state index in [-0.39, 0.29) is 11.9 Å². The molecule has 2 atom stereocenters. The third-order valence-corrected chi connectivity index (χ3v) is 4.40. The fourth-order valence-corrected chi connectivity index (χ4v) is 2.64. The Morgan fingerprint density at radius 3 is 2.43 bits per heavy atom. The van der Waals surface area contributed by atoms with Gasteiger partial charge in [-0.05, 0) is 37.6 Å². The monoisotopic (exact) mass is 376 g/mol. The van der Waals surface area contributed by atoms with Gasteiger partial charge in [-0.25, -0.2) is 0 Å². The van der Waals surface area contributed by atoms with E-state index >= 15 is 0 Å². The van der Waals surface area contributed by atoms with E-state index in [4.69, 9.17) is 10.5 Å². The number of amides is 1. The van der Waals surface area contributed by atoms with Crippen molar-refractivity contribution in [1.82, 2.24) is 5.32 Å². The van der Waals surface area contributed by atoms with Crippen molar-refractivity contribution in [2.45, 2.75) is 25.4 Å². The fraction of sp³-hybridized carbons (Fsp3) is 0.278. The quantitative estimate of drug-likeness (QED) is 0.838. The van der Waals surface area contributed by atoms with E-state index in [0.717, 1.165) is 21.3 Å². The summed E-state index contributed by atoms with van der Waals surface area (Å²) >= 11 is 3.38. The van der Waals surface area contributed by atoms with Crippen LogP contribution in [0.15, 0.2) is 53.0 Å². The first-order chi connectivity index (χ1) is 10.9. The molecule has 3 N–H and O–H groups in total. The molecule has 1 amide bonds. The number of benzene rings is 2. The number of rotatable bonds is 5. The molecule has 0 heterocycles. The van der Waals surface area contributed by atoms with Crippen molar-refractivity contribution < 1.29 is 9.53 Å².